The lowest BCUT2D eigenvalue weighted by Crippen LogP contribution is -2.34. The third-order valence-electron chi connectivity index (χ3n) is 2.49. The second-order valence-electron chi connectivity index (χ2n) is 4.12. The maximum atomic E-state index is 11.0. The van der Waals surface area contributed by atoms with E-state index in [0.29, 0.717) is 6.54 Å². The number of primary amides is 1. The summed E-state index contributed by atoms with van der Waals surface area (Å²) in [6.07, 6.45) is 3.17. The van der Waals surface area contributed by atoms with Crippen LogP contribution in [-0.4, -0.2) is 28.9 Å². The van der Waals surface area contributed by atoms with Crippen LogP contribution < -0.4 is 5.73 Å². The number of hydrogen-bond acceptors (Lipinski definition) is 4. The zero-order chi connectivity index (χ0) is 12.7. The number of carbonyl (C=O) groups is 1. The van der Waals surface area contributed by atoms with Gasteiger partial charge in [0.1, 0.15) is 0 Å². The fraction of sp³-hybridized carbons (Fsp3) is 0.667. The van der Waals surface area contributed by atoms with Crippen molar-refractivity contribution in [2.45, 2.75) is 39.7 Å². The quantitative estimate of drug-likeness (QED) is 0.770. The average molecular weight is 255 g/mol. The zero-order valence-corrected chi connectivity index (χ0v) is 11.4. The molecule has 4 nitrogen and oxygen atoms in total. The monoisotopic (exact) mass is 255 g/mol. The van der Waals surface area contributed by atoms with Gasteiger partial charge in [0, 0.05) is 11.9 Å². The lowest BCUT2D eigenvalue weighted by Gasteiger charge is -2.19. The highest BCUT2D eigenvalue weighted by Gasteiger charge is 2.10. The molecule has 1 aromatic rings. The van der Waals surface area contributed by atoms with Gasteiger partial charge in [-0.3, -0.25) is 9.69 Å². The van der Waals surface area contributed by atoms with Crippen LogP contribution in [-0.2, 0) is 17.8 Å². The molecule has 96 valence electrons. The molecule has 2 N–H and O–H groups in total. The van der Waals surface area contributed by atoms with Gasteiger partial charge in [0.15, 0.2) is 0 Å². The Morgan fingerprint density at radius 3 is 2.82 bits per heavy atom. The first kappa shape index (κ1) is 14.1. The fourth-order valence-electron chi connectivity index (χ4n) is 1.63. The van der Waals surface area contributed by atoms with Crippen molar-refractivity contribution in [1.82, 2.24) is 9.88 Å². The molecule has 1 rings (SSSR count). The number of nitrogens with zero attached hydrogens (tertiary/aromatic N) is 2. The van der Waals surface area contributed by atoms with Crippen molar-refractivity contribution in [3.05, 3.63) is 16.1 Å². The van der Waals surface area contributed by atoms with Crippen LogP contribution >= 0.6 is 11.3 Å². The topological polar surface area (TPSA) is 59.2 Å². The van der Waals surface area contributed by atoms with Gasteiger partial charge in [-0.1, -0.05) is 20.3 Å². The Kier molecular flexibility index (Phi) is 6.15. The highest BCUT2D eigenvalue weighted by atomic mass is 32.1. The Labute approximate surface area is 107 Å². The average Bonchev–Trinajstić information content (AvgIpc) is 2.73. The number of thiazole rings is 1. The molecule has 0 aliphatic carbocycles. The molecule has 1 heterocycles. The number of amides is 1. The van der Waals surface area contributed by atoms with Gasteiger partial charge < -0.3 is 5.73 Å². The van der Waals surface area contributed by atoms with E-state index in [9.17, 15) is 4.79 Å². The van der Waals surface area contributed by atoms with E-state index in [1.807, 2.05) is 0 Å². The second kappa shape index (κ2) is 7.40. The van der Waals surface area contributed by atoms with Crippen molar-refractivity contribution in [1.29, 1.82) is 0 Å². The smallest absolute Gasteiger partial charge is 0.231 e. The van der Waals surface area contributed by atoms with Crippen molar-refractivity contribution < 1.29 is 4.79 Å². The van der Waals surface area contributed by atoms with E-state index >= 15 is 0 Å². The van der Waals surface area contributed by atoms with Crippen molar-refractivity contribution >= 4 is 17.2 Å². The third-order valence-corrected chi connectivity index (χ3v) is 3.54. The van der Waals surface area contributed by atoms with Crippen molar-refractivity contribution in [2.75, 3.05) is 13.1 Å². The molecule has 0 aliphatic rings. The molecule has 0 saturated carbocycles. The van der Waals surface area contributed by atoms with Crippen LogP contribution in [0.5, 0.6) is 0 Å². The van der Waals surface area contributed by atoms with Gasteiger partial charge in [0.05, 0.1) is 17.2 Å². The van der Waals surface area contributed by atoms with Crippen molar-refractivity contribution in [2.24, 2.45) is 5.73 Å². The lowest BCUT2D eigenvalue weighted by atomic mass is 10.3. The van der Waals surface area contributed by atoms with Crippen LogP contribution in [0.4, 0.5) is 0 Å². The Bertz CT molecular complexity index is 351. The van der Waals surface area contributed by atoms with Crippen LogP contribution in [0.3, 0.4) is 0 Å². The van der Waals surface area contributed by atoms with Crippen LogP contribution in [0.15, 0.2) is 5.38 Å². The Morgan fingerprint density at radius 2 is 2.29 bits per heavy atom. The standard InChI is InChI=1S/C12H21N3OS/c1-3-5-6-15(8-11(13)16)7-10-9-17-12(4-2)14-10/h9H,3-8H2,1-2H3,(H2,13,16). The van der Waals surface area contributed by atoms with Crippen molar-refractivity contribution in [3.63, 3.8) is 0 Å². The van der Waals surface area contributed by atoms with E-state index in [1.165, 1.54) is 0 Å². The van der Waals surface area contributed by atoms with Gasteiger partial charge in [0.25, 0.3) is 0 Å². The minimum Gasteiger partial charge on any atom is -0.369 e. The molecule has 0 bridgehead atoms. The van der Waals surface area contributed by atoms with Crippen molar-refractivity contribution in [3.8, 4) is 0 Å². The van der Waals surface area contributed by atoms with E-state index in [1.54, 1.807) is 11.3 Å². The first-order valence-electron chi connectivity index (χ1n) is 6.09. The Morgan fingerprint density at radius 1 is 1.53 bits per heavy atom. The Hall–Kier alpha value is -0.940. The third kappa shape index (κ3) is 5.28. The fourth-order valence-corrected chi connectivity index (χ4v) is 2.37. The van der Waals surface area contributed by atoms with Crippen LogP contribution in [0.25, 0.3) is 0 Å². The molecule has 1 aromatic heterocycles. The van der Waals surface area contributed by atoms with E-state index in [4.69, 9.17) is 5.73 Å². The molecule has 0 spiro atoms. The van der Waals surface area contributed by atoms with E-state index < -0.39 is 0 Å². The number of nitrogens with two attached hydrogens (primary N) is 1. The summed E-state index contributed by atoms with van der Waals surface area (Å²) < 4.78 is 0. The van der Waals surface area contributed by atoms with Gasteiger partial charge in [-0.2, -0.15) is 0 Å². The molecule has 0 unspecified atom stereocenters. The molecular formula is C12H21N3OS. The SMILES string of the molecule is CCCCN(CC(N)=O)Cc1csc(CC)n1. The van der Waals surface area contributed by atoms with Gasteiger partial charge in [-0.05, 0) is 19.4 Å². The van der Waals surface area contributed by atoms with E-state index in [0.717, 1.165) is 43.1 Å². The summed E-state index contributed by atoms with van der Waals surface area (Å²) >= 11 is 1.68. The predicted molar refractivity (Wildman–Crippen MR) is 70.9 cm³/mol. The maximum Gasteiger partial charge on any atom is 0.231 e. The van der Waals surface area contributed by atoms with Crippen LogP contribution in [0.1, 0.15) is 37.4 Å². The number of rotatable bonds is 8. The van der Waals surface area contributed by atoms with Gasteiger partial charge >= 0.3 is 0 Å². The van der Waals surface area contributed by atoms with Gasteiger partial charge in [-0.25, -0.2) is 4.98 Å². The van der Waals surface area contributed by atoms with Crippen LogP contribution in [0, 0.1) is 0 Å². The normalized spacial score (nSPS) is 11.0. The predicted octanol–water partition coefficient (Wildman–Crippen LogP) is 1.79. The summed E-state index contributed by atoms with van der Waals surface area (Å²) in [6.45, 7) is 6.18. The highest BCUT2D eigenvalue weighted by molar-refractivity contribution is 7.09. The molecule has 17 heavy (non-hydrogen) atoms. The second-order valence-corrected chi connectivity index (χ2v) is 5.06. The molecule has 0 radical (unpaired) electrons. The summed E-state index contributed by atoms with van der Waals surface area (Å²) in [5, 5.41) is 3.22. The summed E-state index contributed by atoms with van der Waals surface area (Å²) in [6, 6.07) is 0. The molecule has 0 saturated heterocycles. The highest BCUT2D eigenvalue weighted by Crippen LogP contribution is 2.12. The summed E-state index contributed by atoms with van der Waals surface area (Å²) in [5.74, 6) is -0.271. The first-order valence-corrected chi connectivity index (χ1v) is 6.97. The molecule has 5 heteroatoms. The Balaban J connectivity index is 2.54. The number of hydrogen-bond donors (Lipinski definition) is 1. The molecule has 0 aromatic carbocycles. The van der Waals surface area contributed by atoms with E-state index in [2.05, 4.69) is 29.1 Å². The lowest BCUT2D eigenvalue weighted by molar-refractivity contribution is -0.119. The minimum atomic E-state index is -0.271. The number of aryl methyl sites for hydroxylation is 1. The molecule has 0 aliphatic heterocycles. The number of unbranched alkanes of at least 4 members (excludes halogenated alkanes) is 1. The van der Waals surface area contributed by atoms with Crippen LogP contribution in [0.2, 0.25) is 0 Å². The summed E-state index contributed by atoms with van der Waals surface area (Å²) in [4.78, 5) is 17.6. The number of aromatic nitrogens is 1. The molecule has 0 atom stereocenters. The largest absolute Gasteiger partial charge is 0.369 e. The summed E-state index contributed by atoms with van der Waals surface area (Å²) in [7, 11) is 0. The number of carbonyl (C=O) groups excluding carboxylic acids is 1. The van der Waals surface area contributed by atoms with Gasteiger partial charge in [-0.15, -0.1) is 11.3 Å². The maximum absolute atomic E-state index is 11.0. The molecular weight excluding hydrogens is 234 g/mol. The molecule has 1 amide bonds. The minimum absolute atomic E-state index is 0.271. The zero-order valence-electron chi connectivity index (χ0n) is 10.6. The summed E-state index contributed by atoms with van der Waals surface area (Å²) in [5.41, 5.74) is 6.30. The first-order chi connectivity index (χ1) is 8.15. The van der Waals surface area contributed by atoms with E-state index in [-0.39, 0.29) is 5.91 Å². The van der Waals surface area contributed by atoms with Gasteiger partial charge in [0.2, 0.25) is 5.91 Å². The molecule has 0 fully saturated rings.